The van der Waals surface area contributed by atoms with Gasteiger partial charge in [-0.05, 0) is 0 Å². The third kappa shape index (κ3) is 2.32. The Morgan fingerprint density at radius 2 is 2.19 bits per heavy atom. The van der Waals surface area contributed by atoms with Crippen LogP contribution in [0.25, 0.3) is 0 Å². The third-order valence-electron chi connectivity index (χ3n) is 1.66. The summed E-state index contributed by atoms with van der Waals surface area (Å²) >= 11 is 0.790. The highest BCUT2D eigenvalue weighted by molar-refractivity contribution is 7.11. The number of nitrogens with zero attached hydrogens (tertiary/aromatic N) is 3. The fraction of sp³-hybridized carbons (Fsp3) is 0.250. The third-order valence-corrected chi connectivity index (χ3v) is 2.38. The Balaban J connectivity index is 2.14. The van der Waals surface area contributed by atoms with E-state index >= 15 is 0 Å². The fourth-order valence-electron chi connectivity index (χ4n) is 0.987. The first-order valence-electron chi connectivity index (χ1n) is 4.14. The average molecular weight is 249 g/mol. The van der Waals surface area contributed by atoms with Gasteiger partial charge < -0.3 is 4.74 Å². The zero-order valence-electron chi connectivity index (χ0n) is 8.02. The summed E-state index contributed by atoms with van der Waals surface area (Å²) in [7, 11) is 1.68. The second-order valence-electron chi connectivity index (χ2n) is 2.95. The van der Waals surface area contributed by atoms with Crippen molar-refractivity contribution in [1.29, 1.82) is 0 Å². The maximum atomic E-state index is 12.2. The van der Waals surface area contributed by atoms with E-state index in [0.29, 0.717) is 5.75 Å². The highest BCUT2D eigenvalue weighted by Crippen LogP contribution is 2.33. The number of hydrogen-bond acceptors (Lipinski definition) is 4. The standard InChI is InChI=1S/C8H6F3N3OS/c1-14-3-5(2-12-14)15-7-13-6(4-16-7)8(9,10)11/h2-4H,1H3. The maximum absolute atomic E-state index is 12.2. The number of hydrogen-bond donors (Lipinski definition) is 0. The van der Waals surface area contributed by atoms with E-state index < -0.39 is 11.9 Å². The highest BCUT2D eigenvalue weighted by atomic mass is 32.1. The van der Waals surface area contributed by atoms with E-state index in [1.165, 1.54) is 17.1 Å². The second-order valence-corrected chi connectivity index (χ2v) is 3.77. The fourth-order valence-corrected chi connectivity index (χ4v) is 1.68. The number of aromatic nitrogens is 3. The van der Waals surface area contributed by atoms with Crippen molar-refractivity contribution in [2.75, 3.05) is 0 Å². The quantitative estimate of drug-likeness (QED) is 0.821. The first kappa shape index (κ1) is 10.9. The van der Waals surface area contributed by atoms with Gasteiger partial charge >= 0.3 is 6.18 Å². The van der Waals surface area contributed by atoms with E-state index in [0.717, 1.165) is 16.7 Å². The lowest BCUT2D eigenvalue weighted by atomic mass is 10.5. The molecule has 0 atom stereocenters. The van der Waals surface area contributed by atoms with Crippen molar-refractivity contribution in [3.63, 3.8) is 0 Å². The summed E-state index contributed by atoms with van der Waals surface area (Å²) < 4.78 is 43.2. The number of halogens is 3. The summed E-state index contributed by atoms with van der Waals surface area (Å²) in [5.41, 5.74) is -0.948. The Bertz CT molecular complexity index is 491. The molecule has 2 aromatic rings. The van der Waals surface area contributed by atoms with Crippen molar-refractivity contribution in [3.05, 3.63) is 23.5 Å². The zero-order chi connectivity index (χ0) is 11.8. The van der Waals surface area contributed by atoms with Crippen LogP contribution in [0.4, 0.5) is 13.2 Å². The number of rotatable bonds is 2. The van der Waals surface area contributed by atoms with Crippen LogP contribution in [0.5, 0.6) is 10.9 Å². The summed E-state index contributed by atoms with van der Waals surface area (Å²) in [4.78, 5) is 3.32. The van der Waals surface area contributed by atoms with E-state index in [9.17, 15) is 13.2 Å². The second kappa shape index (κ2) is 3.78. The average Bonchev–Trinajstić information content (AvgIpc) is 2.74. The first-order chi connectivity index (χ1) is 7.45. The molecule has 2 heterocycles. The maximum Gasteiger partial charge on any atom is 0.434 e. The monoisotopic (exact) mass is 249 g/mol. The van der Waals surface area contributed by atoms with Gasteiger partial charge in [-0.25, -0.2) is 0 Å². The van der Waals surface area contributed by atoms with Gasteiger partial charge in [-0.3, -0.25) is 4.68 Å². The summed E-state index contributed by atoms with van der Waals surface area (Å²) in [5.74, 6) is 0.352. The molecule has 16 heavy (non-hydrogen) atoms. The predicted octanol–water partition coefficient (Wildman–Crippen LogP) is 2.69. The Morgan fingerprint density at radius 1 is 1.44 bits per heavy atom. The molecule has 0 bridgehead atoms. The molecular formula is C8H6F3N3OS. The van der Waals surface area contributed by atoms with Gasteiger partial charge in [-0.15, -0.1) is 0 Å². The van der Waals surface area contributed by atoms with Crippen LogP contribution < -0.4 is 4.74 Å². The van der Waals surface area contributed by atoms with E-state index in [1.54, 1.807) is 7.05 Å². The van der Waals surface area contributed by atoms with Crippen molar-refractivity contribution in [1.82, 2.24) is 14.8 Å². The zero-order valence-corrected chi connectivity index (χ0v) is 8.84. The van der Waals surface area contributed by atoms with E-state index in [4.69, 9.17) is 4.74 Å². The summed E-state index contributed by atoms with van der Waals surface area (Å²) in [6.07, 6.45) is -1.50. The normalized spacial score (nSPS) is 11.8. The molecule has 0 saturated carbocycles. The van der Waals surface area contributed by atoms with Gasteiger partial charge in [0.2, 0.25) is 0 Å². The summed E-state index contributed by atoms with van der Waals surface area (Å²) in [6.45, 7) is 0. The van der Waals surface area contributed by atoms with Gasteiger partial charge in [0.05, 0.1) is 12.4 Å². The molecule has 0 N–H and O–H groups in total. The molecule has 0 amide bonds. The van der Waals surface area contributed by atoms with Crippen LogP contribution in [-0.2, 0) is 13.2 Å². The minimum atomic E-state index is -4.44. The van der Waals surface area contributed by atoms with Crippen LogP contribution >= 0.6 is 11.3 Å². The van der Waals surface area contributed by atoms with Gasteiger partial charge in [0.1, 0.15) is 0 Å². The van der Waals surface area contributed by atoms with Gasteiger partial charge in [-0.2, -0.15) is 23.3 Å². The number of thiazole rings is 1. The largest absolute Gasteiger partial charge is 0.434 e. The predicted molar refractivity (Wildman–Crippen MR) is 50.4 cm³/mol. The Kier molecular flexibility index (Phi) is 2.58. The van der Waals surface area contributed by atoms with Gasteiger partial charge in [0.25, 0.3) is 5.19 Å². The molecule has 0 aliphatic rings. The van der Waals surface area contributed by atoms with Gasteiger partial charge in [0, 0.05) is 12.4 Å². The lowest BCUT2D eigenvalue weighted by Gasteiger charge is -2.00. The Morgan fingerprint density at radius 3 is 2.69 bits per heavy atom. The molecule has 4 nitrogen and oxygen atoms in total. The van der Waals surface area contributed by atoms with E-state index in [1.807, 2.05) is 0 Å². The van der Waals surface area contributed by atoms with Crippen LogP contribution in [0.1, 0.15) is 5.69 Å². The molecule has 0 saturated heterocycles. The van der Waals surface area contributed by atoms with Crippen molar-refractivity contribution in [2.45, 2.75) is 6.18 Å². The number of ether oxygens (including phenoxy) is 1. The molecule has 2 rings (SSSR count). The Hall–Kier alpha value is -1.57. The summed E-state index contributed by atoms with van der Waals surface area (Å²) in [5, 5.41) is 4.67. The molecule has 0 aromatic carbocycles. The lowest BCUT2D eigenvalue weighted by Crippen LogP contribution is -2.04. The molecule has 0 spiro atoms. The highest BCUT2D eigenvalue weighted by Gasteiger charge is 2.34. The molecule has 0 fully saturated rings. The molecule has 0 unspecified atom stereocenters. The smallest absolute Gasteiger partial charge is 0.428 e. The lowest BCUT2D eigenvalue weighted by molar-refractivity contribution is -0.140. The van der Waals surface area contributed by atoms with Crippen molar-refractivity contribution < 1.29 is 17.9 Å². The first-order valence-corrected chi connectivity index (χ1v) is 5.02. The topological polar surface area (TPSA) is 39.9 Å². The number of alkyl halides is 3. The molecule has 0 aliphatic carbocycles. The van der Waals surface area contributed by atoms with Crippen molar-refractivity contribution in [2.24, 2.45) is 7.05 Å². The van der Waals surface area contributed by atoms with Crippen molar-refractivity contribution in [3.8, 4) is 10.9 Å². The molecule has 0 radical (unpaired) electrons. The van der Waals surface area contributed by atoms with E-state index in [2.05, 4.69) is 10.1 Å². The van der Waals surface area contributed by atoms with Crippen LogP contribution in [0.2, 0.25) is 0 Å². The number of aryl methyl sites for hydroxylation is 1. The van der Waals surface area contributed by atoms with Crippen LogP contribution in [0.3, 0.4) is 0 Å². The van der Waals surface area contributed by atoms with Gasteiger partial charge in [-0.1, -0.05) is 11.3 Å². The van der Waals surface area contributed by atoms with Crippen molar-refractivity contribution >= 4 is 11.3 Å². The molecule has 8 heteroatoms. The molecule has 86 valence electrons. The van der Waals surface area contributed by atoms with Crippen LogP contribution in [0.15, 0.2) is 17.8 Å². The summed E-state index contributed by atoms with van der Waals surface area (Å²) in [6, 6.07) is 0. The minimum absolute atomic E-state index is 0.0553. The SMILES string of the molecule is Cn1cc(Oc2nc(C(F)(F)F)cs2)cn1. The molecule has 2 aromatic heterocycles. The van der Waals surface area contributed by atoms with Crippen LogP contribution in [-0.4, -0.2) is 14.8 Å². The van der Waals surface area contributed by atoms with E-state index in [-0.39, 0.29) is 5.19 Å². The Labute approximate surface area is 92.3 Å². The van der Waals surface area contributed by atoms with Gasteiger partial charge in [0.15, 0.2) is 11.4 Å². The molecular weight excluding hydrogens is 243 g/mol. The van der Waals surface area contributed by atoms with Crippen LogP contribution in [0, 0.1) is 0 Å². The minimum Gasteiger partial charge on any atom is -0.428 e. The molecule has 0 aliphatic heterocycles.